The number of halogens is 3. The van der Waals surface area contributed by atoms with Crippen LogP contribution in [0.25, 0.3) is 22.3 Å². The molecule has 1 aliphatic rings. The summed E-state index contributed by atoms with van der Waals surface area (Å²) in [5, 5.41) is 10.8. The summed E-state index contributed by atoms with van der Waals surface area (Å²) >= 11 is 0. The number of fused-ring (bicyclic) bond motifs is 1. The van der Waals surface area contributed by atoms with E-state index in [1.807, 2.05) is 12.1 Å². The number of hydrogen-bond donors (Lipinski definition) is 1. The van der Waals surface area contributed by atoms with Crippen LogP contribution in [0.15, 0.2) is 41.4 Å². The monoisotopic (exact) mass is 490 g/mol. The third kappa shape index (κ3) is 4.42. The fourth-order valence-electron chi connectivity index (χ4n) is 4.53. The molecular weight excluding hydrogens is 465 g/mol. The number of aromatic nitrogens is 2. The molecule has 0 amide bonds. The summed E-state index contributed by atoms with van der Waals surface area (Å²) in [6, 6.07) is 8.92. The van der Waals surface area contributed by atoms with Crippen molar-refractivity contribution in [2.24, 2.45) is 0 Å². The molecule has 1 aliphatic carbocycles. The summed E-state index contributed by atoms with van der Waals surface area (Å²) < 4.78 is 67.2. The first-order valence-electron chi connectivity index (χ1n) is 11.2. The average molecular weight is 491 g/mol. The second kappa shape index (κ2) is 9.04. The summed E-state index contributed by atoms with van der Waals surface area (Å²) in [6.45, 7) is 2.80. The Labute approximate surface area is 196 Å². The quantitative estimate of drug-likeness (QED) is 0.496. The first-order valence-corrected chi connectivity index (χ1v) is 12.7. The molecule has 1 aromatic carbocycles. The Morgan fingerprint density at radius 2 is 1.94 bits per heavy atom. The van der Waals surface area contributed by atoms with Crippen LogP contribution in [0.2, 0.25) is 0 Å². The predicted octanol–water partition coefficient (Wildman–Crippen LogP) is 5.48. The van der Waals surface area contributed by atoms with E-state index in [9.17, 15) is 26.9 Å². The second-order valence-corrected chi connectivity index (χ2v) is 10.3. The number of aryl methyl sites for hydroxylation is 1. The van der Waals surface area contributed by atoms with Crippen molar-refractivity contribution in [1.82, 2.24) is 14.3 Å². The Bertz CT molecular complexity index is 1350. The molecule has 4 rings (SSSR count). The molecule has 1 fully saturated rings. The van der Waals surface area contributed by atoms with Crippen LogP contribution in [0.1, 0.15) is 56.7 Å². The van der Waals surface area contributed by atoms with Crippen LogP contribution in [0.5, 0.6) is 0 Å². The summed E-state index contributed by atoms with van der Waals surface area (Å²) in [5.41, 5.74) is 3.55. The van der Waals surface area contributed by atoms with Gasteiger partial charge in [-0.1, -0.05) is 31.9 Å². The number of sulfonamides is 1. The first kappa shape index (κ1) is 24.2. The predicted molar refractivity (Wildman–Crippen MR) is 123 cm³/mol. The van der Waals surface area contributed by atoms with Gasteiger partial charge in [0.2, 0.25) is 10.0 Å². The third-order valence-corrected chi connectivity index (χ3v) is 7.92. The van der Waals surface area contributed by atoms with Gasteiger partial charge in [0.1, 0.15) is 17.0 Å². The zero-order chi connectivity index (χ0) is 24.7. The van der Waals surface area contributed by atoms with Gasteiger partial charge in [-0.3, -0.25) is 4.98 Å². The van der Waals surface area contributed by atoms with E-state index in [1.54, 1.807) is 4.72 Å². The number of hydrogen-bond acceptors (Lipinski definition) is 4. The molecule has 0 radical (unpaired) electrons. The van der Waals surface area contributed by atoms with E-state index in [-0.39, 0.29) is 10.9 Å². The fraction of sp³-hybridized carbons (Fsp3) is 0.417. The summed E-state index contributed by atoms with van der Waals surface area (Å²) in [4.78, 5) is 3.92. The van der Waals surface area contributed by atoms with Gasteiger partial charge in [-0.15, -0.1) is 0 Å². The van der Waals surface area contributed by atoms with Crippen LogP contribution in [-0.2, 0) is 16.4 Å². The lowest BCUT2D eigenvalue weighted by Gasteiger charge is -2.19. The van der Waals surface area contributed by atoms with E-state index in [0.29, 0.717) is 17.0 Å². The van der Waals surface area contributed by atoms with Gasteiger partial charge in [-0.25, -0.2) is 8.42 Å². The van der Waals surface area contributed by atoms with Crippen molar-refractivity contribution in [3.8, 4) is 17.5 Å². The zero-order valence-corrected chi connectivity index (χ0v) is 19.7. The number of nitrogens with one attached hydrogen (secondary N) is 1. The zero-order valence-electron chi connectivity index (χ0n) is 18.9. The molecular formula is C24H25F3N4O2S. The topological polar surface area (TPSA) is 87.8 Å². The van der Waals surface area contributed by atoms with Gasteiger partial charge in [-0.05, 0) is 49.9 Å². The van der Waals surface area contributed by atoms with Crippen molar-refractivity contribution in [3.63, 3.8) is 0 Å². The molecule has 1 unspecified atom stereocenters. The lowest BCUT2D eigenvalue weighted by Crippen LogP contribution is -2.42. The maximum absolute atomic E-state index is 12.8. The van der Waals surface area contributed by atoms with Gasteiger partial charge in [0.25, 0.3) is 0 Å². The van der Waals surface area contributed by atoms with Crippen LogP contribution in [-0.4, -0.2) is 30.2 Å². The van der Waals surface area contributed by atoms with Gasteiger partial charge in [-0.2, -0.15) is 23.2 Å². The Hall–Kier alpha value is -2.90. The van der Waals surface area contributed by atoms with Gasteiger partial charge in [0, 0.05) is 17.6 Å². The highest BCUT2D eigenvalue weighted by Gasteiger charge is 2.39. The standard InChI is InChI=1S/C24H25F3N4O2S/c1-3-16-8-10-19-20(13-28)23(31(22(19)12-16)17-6-4-5-7-17)21-11-9-18(14-29-21)34(32,33)30-15(2)24(25,26)27/h8-12,14-15,17,30H,3-7H2,1-2H3. The van der Waals surface area contributed by atoms with Crippen molar-refractivity contribution >= 4 is 20.9 Å². The van der Waals surface area contributed by atoms with Crippen LogP contribution in [0.4, 0.5) is 13.2 Å². The molecule has 34 heavy (non-hydrogen) atoms. The highest BCUT2D eigenvalue weighted by Crippen LogP contribution is 2.41. The summed E-state index contributed by atoms with van der Waals surface area (Å²) in [6.07, 6.45) is 1.25. The minimum absolute atomic E-state index is 0.186. The summed E-state index contributed by atoms with van der Waals surface area (Å²) in [7, 11) is -4.42. The Kier molecular flexibility index (Phi) is 6.44. The molecule has 0 saturated heterocycles. The van der Waals surface area contributed by atoms with Crippen LogP contribution < -0.4 is 4.72 Å². The lowest BCUT2D eigenvalue weighted by molar-refractivity contribution is -0.147. The van der Waals surface area contributed by atoms with Crippen molar-refractivity contribution < 1.29 is 21.6 Å². The van der Waals surface area contributed by atoms with Crippen LogP contribution in [0, 0.1) is 11.3 Å². The average Bonchev–Trinajstić information content (AvgIpc) is 3.43. The van der Waals surface area contributed by atoms with E-state index in [0.717, 1.165) is 61.7 Å². The van der Waals surface area contributed by atoms with E-state index >= 15 is 0 Å². The number of rotatable bonds is 6. The molecule has 10 heteroatoms. The molecule has 1 saturated carbocycles. The third-order valence-electron chi connectivity index (χ3n) is 6.39. The van der Waals surface area contributed by atoms with Crippen LogP contribution >= 0.6 is 0 Å². The van der Waals surface area contributed by atoms with Gasteiger partial charge in [0.15, 0.2) is 0 Å². The smallest absolute Gasteiger partial charge is 0.335 e. The minimum Gasteiger partial charge on any atom is -0.335 e. The fourth-order valence-corrected chi connectivity index (χ4v) is 5.70. The molecule has 0 aliphatic heterocycles. The van der Waals surface area contributed by atoms with E-state index in [1.165, 1.54) is 12.1 Å². The molecule has 0 spiro atoms. The van der Waals surface area contributed by atoms with Crippen molar-refractivity contribution in [1.29, 1.82) is 5.26 Å². The lowest BCUT2D eigenvalue weighted by atomic mass is 10.1. The Morgan fingerprint density at radius 1 is 1.24 bits per heavy atom. The van der Waals surface area contributed by atoms with E-state index in [4.69, 9.17) is 0 Å². The number of benzene rings is 1. The van der Waals surface area contributed by atoms with Crippen molar-refractivity contribution in [2.45, 2.75) is 69.1 Å². The number of nitriles is 1. The van der Waals surface area contributed by atoms with Gasteiger partial charge < -0.3 is 4.57 Å². The van der Waals surface area contributed by atoms with E-state index in [2.05, 4.69) is 28.6 Å². The molecule has 6 nitrogen and oxygen atoms in total. The molecule has 180 valence electrons. The van der Waals surface area contributed by atoms with Crippen molar-refractivity contribution in [2.75, 3.05) is 0 Å². The number of alkyl halides is 3. The highest BCUT2D eigenvalue weighted by molar-refractivity contribution is 7.89. The molecule has 3 aromatic rings. The normalized spacial score (nSPS) is 16.1. The largest absolute Gasteiger partial charge is 0.404 e. The van der Waals surface area contributed by atoms with Gasteiger partial charge >= 0.3 is 6.18 Å². The highest BCUT2D eigenvalue weighted by atomic mass is 32.2. The van der Waals surface area contributed by atoms with Crippen LogP contribution in [0.3, 0.4) is 0 Å². The maximum atomic E-state index is 12.8. The Morgan fingerprint density at radius 3 is 2.50 bits per heavy atom. The number of pyridine rings is 1. The maximum Gasteiger partial charge on any atom is 0.404 e. The van der Waals surface area contributed by atoms with E-state index < -0.39 is 22.2 Å². The van der Waals surface area contributed by atoms with Crippen molar-refractivity contribution in [3.05, 3.63) is 47.7 Å². The molecule has 2 heterocycles. The molecule has 1 N–H and O–H groups in total. The van der Waals surface area contributed by atoms with Gasteiger partial charge in [0.05, 0.1) is 22.5 Å². The second-order valence-electron chi connectivity index (χ2n) is 8.61. The first-order chi connectivity index (χ1) is 16.1. The summed E-state index contributed by atoms with van der Waals surface area (Å²) in [5.74, 6) is 0. The minimum atomic E-state index is -4.71. The molecule has 2 aromatic heterocycles. The Balaban J connectivity index is 1.82. The SMILES string of the molecule is CCc1ccc2c(C#N)c(-c3ccc(S(=O)(=O)NC(C)C(F)(F)F)cn3)n(C3CCCC3)c2c1. The number of nitrogens with zero attached hydrogens (tertiary/aromatic N) is 3. The molecule has 1 atom stereocenters. The molecule has 0 bridgehead atoms.